The zero-order valence-electron chi connectivity index (χ0n) is 11.6. The molecule has 0 unspecified atom stereocenters. The number of rotatable bonds is 3. The highest BCUT2D eigenvalue weighted by Gasteiger charge is 2.37. The Labute approximate surface area is 133 Å². The van der Waals surface area contributed by atoms with Gasteiger partial charge in [-0.3, -0.25) is 0 Å². The molecule has 4 nitrogen and oxygen atoms in total. The maximum Gasteiger partial charge on any atom is 0.417 e. The summed E-state index contributed by atoms with van der Waals surface area (Å²) in [6, 6.07) is 3.86. The van der Waals surface area contributed by atoms with Crippen LogP contribution in [0.25, 0.3) is 0 Å². The van der Waals surface area contributed by atoms with Crippen LogP contribution >= 0.6 is 12.4 Å². The lowest BCUT2D eigenvalue weighted by Gasteiger charge is -2.27. The maximum atomic E-state index is 12.9. The third kappa shape index (κ3) is 4.58. The third-order valence-electron chi connectivity index (χ3n) is 3.58. The van der Waals surface area contributed by atoms with Crippen molar-refractivity contribution in [2.75, 3.05) is 0 Å². The van der Waals surface area contributed by atoms with Crippen molar-refractivity contribution < 1.29 is 21.6 Å². The number of sulfonamides is 1. The number of halogens is 4. The van der Waals surface area contributed by atoms with E-state index in [4.69, 9.17) is 5.73 Å². The summed E-state index contributed by atoms with van der Waals surface area (Å²) in [7, 11) is -4.20. The van der Waals surface area contributed by atoms with Crippen LogP contribution in [-0.4, -0.2) is 20.5 Å². The second-order valence-corrected chi connectivity index (χ2v) is 6.91. The molecule has 1 aliphatic rings. The molecule has 1 fully saturated rings. The molecular weight excluding hydrogens is 341 g/mol. The Hall–Kier alpha value is -0.830. The molecule has 0 aliphatic heterocycles. The minimum atomic E-state index is -4.71. The van der Waals surface area contributed by atoms with E-state index in [1.165, 1.54) is 12.1 Å². The fourth-order valence-corrected chi connectivity index (χ4v) is 3.99. The highest BCUT2D eigenvalue weighted by atomic mass is 35.5. The Balaban J connectivity index is 0.00000242. The molecule has 0 amide bonds. The lowest BCUT2D eigenvalue weighted by molar-refractivity contribution is -0.139. The monoisotopic (exact) mass is 358 g/mol. The van der Waals surface area contributed by atoms with Crippen molar-refractivity contribution in [2.45, 2.75) is 48.8 Å². The number of hydrogen-bond donors (Lipinski definition) is 2. The molecule has 3 N–H and O–H groups in total. The van der Waals surface area contributed by atoms with Crippen LogP contribution in [0.15, 0.2) is 29.2 Å². The van der Waals surface area contributed by atoms with Crippen LogP contribution < -0.4 is 10.5 Å². The van der Waals surface area contributed by atoms with Crippen LogP contribution in [-0.2, 0) is 16.2 Å². The Morgan fingerprint density at radius 3 is 2.18 bits per heavy atom. The van der Waals surface area contributed by atoms with E-state index in [0.717, 1.165) is 12.1 Å². The summed E-state index contributed by atoms with van der Waals surface area (Å²) in [5.74, 6) is 0. The first kappa shape index (κ1) is 19.2. The Bertz CT molecular complexity index is 600. The summed E-state index contributed by atoms with van der Waals surface area (Å²) < 4.78 is 65.5. The van der Waals surface area contributed by atoms with Crippen LogP contribution in [0.5, 0.6) is 0 Å². The summed E-state index contributed by atoms with van der Waals surface area (Å²) in [4.78, 5) is -0.729. The van der Waals surface area contributed by atoms with Gasteiger partial charge >= 0.3 is 6.18 Å². The largest absolute Gasteiger partial charge is 0.417 e. The Morgan fingerprint density at radius 1 is 1.09 bits per heavy atom. The van der Waals surface area contributed by atoms with E-state index in [-0.39, 0.29) is 24.5 Å². The summed E-state index contributed by atoms with van der Waals surface area (Å²) >= 11 is 0. The quantitative estimate of drug-likeness (QED) is 0.872. The second kappa shape index (κ2) is 7.16. The molecular formula is C13H18ClF3N2O2S. The van der Waals surface area contributed by atoms with Crippen molar-refractivity contribution in [3.05, 3.63) is 29.8 Å². The van der Waals surface area contributed by atoms with Crippen LogP contribution in [0.3, 0.4) is 0 Å². The normalized spacial score (nSPS) is 22.9. The predicted molar refractivity (Wildman–Crippen MR) is 79.2 cm³/mol. The molecule has 0 saturated heterocycles. The van der Waals surface area contributed by atoms with Crippen molar-refractivity contribution in [1.29, 1.82) is 0 Å². The number of nitrogens with two attached hydrogens (primary N) is 1. The minimum absolute atomic E-state index is 0. The maximum absolute atomic E-state index is 12.9. The average molecular weight is 359 g/mol. The predicted octanol–water partition coefficient (Wildman–Crippen LogP) is 2.68. The smallest absolute Gasteiger partial charge is 0.328 e. The molecule has 126 valence electrons. The molecule has 9 heteroatoms. The topological polar surface area (TPSA) is 72.2 Å². The molecule has 1 saturated carbocycles. The van der Waals surface area contributed by atoms with Crippen LogP contribution in [0.4, 0.5) is 13.2 Å². The van der Waals surface area contributed by atoms with Crippen LogP contribution in [0.2, 0.25) is 0 Å². The van der Waals surface area contributed by atoms with Gasteiger partial charge in [-0.1, -0.05) is 12.1 Å². The third-order valence-corrected chi connectivity index (χ3v) is 5.15. The van der Waals surface area contributed by atoms with Gasteiger partial charge in [-0.15, -0.1) is 12.4 Å². The number of nitrogens with one attached hydrogen (secondary N) is 1. The fourth-order valence-electron chi connectivity index (χ4n) is 2.46. The van der Waals surface area contributed by atoms with Gasteiger partial charge in [0.2, 0.25) is 10.0 Å². The van der Waals surface area contributed by atoms with E-state index in [1.54, 1.807) is 0 Å². The van der Waals surface area contributed by atoms with Crippen LogP contribution in [0.1, 0.15) is 31.2 Å². The van der Waals surface area contributed by atoms with Crippen molar-refractivity contribution in [1.82, 2.24) is 4.72 Å². The molecule has 0 heterocycles. The first-order valence-corrected chi connectivity index (χ1v) is 8.12. The molecule has 1 aliphatic carbocycles. The van der Waals surface area contributed by atoms with Crippen LogP contribution in [0, 0.1) is 0 Å². The van der Waals surface area contributed by atoms with E-state index in [1.807, 2.05) is 0 Å². The lowest BCUT2D eigenvalue weighted by Crippen LogP contribution is -2.40. The first-order valence-electron chi connectivity index (χ1n) is 6.64. The summed E-state index contributed by atoms with van der Waals surface area (Å²) in [6.07, 6.45) is -2.31. The molecule has 0 bridgehead atoms. The van der Waals surface area contributed by atoms with Gasteiger partial charge in [0.15, 0.2) is 0 Å². The SMILES string of the molecule is Cl.NC1CCC(NS(=O)(=O)c2ccccc2C(F)(F)F)CC1. The minimum Gasteiger partial charge on any atom is -0.328 e. The van der Waals surface area contributed by atoms with Gasteiger partial charge in [-0.2, -0.15) is 13.2 Å². The van der Waals surface area contributed by atoms with Gasteiger partial charge in [0, 0.05) is 12.1 Å². The number of hydrogen-bond acceptors (Lipinski definition) is 3. The van der Waals surface area contributed by atoms with Crippen molar-refractivity contribution in [2.24, 2.45) is 5.73 Å². The van der Waals surface area contributed by atoms with E-state index in [9.17, 15) is 21.6 Å². The molecule has 1 aromatic carbocycles. The van der Waals surface area contributed by atoms with E-state index in [0.29, 0.717) is 25.7 Å². The standard InChI is InChI=1S/C13H17F3N2O2S.ClH/c14-13(15,16)11-3-1-2-4-12(11)21(19,20)18-10-7-5-9(17)6-8-10;/h1-4,9-10,18H,5-8,17H2;1H. The average Bonchev–Trinajstić information content (AvgIpc) is 2.40. The van der Waals surface area contributed by atoms with Crippen molar-refractivity contribution >= 4 is 22.4 Å². The van der Waals surface area contributed by atoms with Gasteiger partial charge in [0.1, 0.15) is 0 Å². The summed E-state index contributed by atoms with van der Waals surface area (Å²) in [5, 5.41) is 0. The van der Waals surface area contributed by atoms with Crippen molar-refractivity contribution in [3.63, 3.8) is 0 Å². The number of alkyl halides is 3. The molecule has 0 aromatic heterocycles. The second-order valence-electron chi connectivity index (χ2n) is 5.23. The zero-order chi connectivity index (χ0) is 15.7. The van der Waals surface area contributed by atoms with E-state index in [2.05, 4.69) is 4.72 Å². The van der Waals surface area contributed by atoms with E-state index >= 15 is 0 Å². The molecule has 0 spiro atoms. The van der Waals surface area contributed by atoms with Gasteiger partial charge in [-0.25, -0.2) is 13.1 Å². The number of benzene rings is 1. The Morgan fingerprint density at radius 2 is 1.64 bits per heavy atom. The van der Waals surface area contributed by atoms with Gasteiger partial charge < -0.3 is 5.73 Å². The summed E-state index contributed by atoms with van der Waals surface area (Å²) in [6.45, 7) is 0. The highest BCUT2D eigenvalue weighted by molar-refractivity contribution is 7.89. The molecule has 2 rings (SSSR count). The van der Waals surface area contributed by atoms with Crippen molar-refractivity contribution in [3.8, 4) is 0 Å². The van der Waals surface area contributed by atoms with Gasteiger partial charge in [0.05, 0.1) is 10.5 Å². The lowest BCUT2D eigenvalue weighted by atomic mass is 9.93. The molecule has 1 aromatic rings. The Kier molecular flexibility index (Phi) is 6.26. The van der Waals surface area contributed by atoms with E-state index < -0.39 is 26.7 Å². The first-order chi connectivity index (χ1) is 9.70. The summed E-state index contributed by atoms with van der Waals surface area (Å²) in [5.41, 5.74) is 4.58. The fraction of sp³-hybridized carbons (Fsp3) is 0.538. The molecule has 0 atom stereocenters. The molecule has 22 heavy (non-hydrogen) atoms. The molecule has 0 radical (unpaired) electrons. The van der Waals surface area contributed by atoms with Gasteiger partial charge in [-0.05, 0) is 37.8 Å². The van der Waals surface area contributed by atoms with Gasteiger partial charge in [0.25, 0.3) is 0 Å². The zero-order valence-corrected chi connectivity index (χ0v) is 13.3. The highest BCUT2D eigenvalue weighted by Crippen LogP contribution is 2.34.